The topological polar surface area (TPSA) is 39.2 Å². The molecule has 2 nitrogen and oxygen atoms in total. The summed E-state index contributed by atoms with van der Waals surface area (Å²) in [6.07, 6.45) is 0. The van der Waals surface area contributed by atoms with Crippen LogP contribution in [0.25, 0.3) is 0 Å². The average Bonchev–Trinajstić information content (AvgIpc) is 2.34. The van der Waals surface area contributed by atoms with E-state index in [-0.39, 0.29) is 5.92 Å². The normalized spacial score (nSPS) is 13.5. The Morgan fingerprint density at radius 3 is 2.80 bits per heavy atom. The summed E-state index contributed by atoms with van der Waals surface area (Å²) in [6.45, 7) is 2.58. The lowest BCUT2D eigenvalue weighted by molar-refractivity contribution is 0.479. The highest BCUT2D eigenvalue weighted by Gasteiger charge is 2.06. The predicted molar refractivity (Wildman–Crippen MR) is 41.2 cm³/mol. The Morgan fingerprint density at radius 2 is 2.40 bits per heavy atom. The molecule has 1 aromatic rings. The molecule has 0 aliphatic heterocycles. The minimum absolute atomic E-state index is 0.257. The summed E-state index contributed by atoms with van der Waals surface area (Å²) in [5, 5.41) is 0.426. The van der Waals surface area contributed by atoms with Gasteiger partial charge in [-0.05, 0) is 23.7 Å². The third kappa shape index (κ3) is 1.52. The third-order valence-electron chi connectivity index (χ3n) is 1.43. The Kier molecular flexibility index (Phi) is 2.35. The molecule has 0 amide bonds. The van der Waals surface area contributed by atoms with E-state index in [4.69, 9.17) is 21.8 Å². The summed E-state index contributed by atoms with van der Waals surface area (Å²) in [4.78, 5) is 0. The fourth-order valence-electron chi connectivity index (χ4n) is 0.709. The van der Waals surface area contributed by atoms with E-state index in [9.17, 15) is 0 Å². The van der Waals surface area contributed by atoms with E-state index >= 15 is 0 Å². The van der Waals surface area contributed by atoms with Crippen molar-refractivity contribution in [1.82, 2.24) is 0 Å². The van der Waals surface area contributed by atoms with Crippen LogP contribution in [0.4, 0.5) is 0 Å². The lowest BCUT2D eigenvalue weighted by Crippen LogP contribution is -2.07. The van der Waals surface area contributed by atoms with Gasteiger partial charge < -0.3 is 10.2 Å². The van der Waals surface area contributed by atoms with Crippen LogP contribution in [0.2, 0.25) is 5.22 Å². The third-order valence-corrected chi connectivity index (χ3v) is 1.64. The van der Waals surface area contributed by atoms with Gasteiger partial charge in [0.05, 0.1) is 0 Å². The fourth-order valence-corrected chi connectivity index (χ4v) is 0.861. The molecule has 0 spiro atoms. The van der Waals surface area contributed by atoms with Crippen molar-refractivity contribution in [3.8, 4) is 0 Å². The maximum absolute atomic E-state index is 5.55. The van der Waals surface area contributed by atoms with Crippen LogP contribution in [0.1, 0.15) is 18.6 Å². The molecule has 0 aromatic carbocycles. The second kappa shape index (κ2) is 3.08. The quantitative estimate of drug-likeness (QED) is 0.717. The monoisotopic (exact) mass is 159 g/mol. The Labute approximate surface area is 65.0 Å². The molecule has 0 aliphatic carbocycles. The molecule has 3 heteroatoms. The molecule has 0 bridgehead atoms. The first-order valence-corrected chi connectivity index (χ1v) is 3.57. The van der Waals surface area contributed by atoms with Gasteiger partial charge in [-0.2, -0.15) is 0 Å². The van der Waals surface area contributed by atoms with E-state index < -0.39 is 0 Å². The molecule has 2 N–H and O–H groups in total. The molecule has 0 saturated heterocycles. The molecule has 0 radical (unpaired) electrons. The van der Waals surface area contributed by atoms with Crippen LogP contribution >= 0.6 is 11.6 Å². The average molecular weight is 160 g/mol. The van der Waals surface area contributed by atoms with Crippen molar-refractivity contribution in [3.05, 3.63) is 23.1 Å². The molecule has 1 atom stereocenters. The second-order valence-corrected chi connectivity index (χ2v) is 2.65. The summed E-state index contributed by atoms with van der Waals surface area (Å²) < 4.78 is 5.12. The van der Waals surface area contributed by atoms with E-state index in [0.717, 1.165) is 5.76 Å². The van der Waals surface area contributed by atoms with Gasteiger partial charge in [-0.3, -0.25) is 0 Å². The number of halogens is 1. The largest absolute Gasteiger partial charge is 0.449 e. The van der Waals surface area contributed by atoms with Crippen LogP contribution in [0.15, 0.2) is 16.5 Å². The zero-order valence-corrected chi connectivity index (χ0v) is 6.56. The van der Waals surface area contributed by atoms with Crippen molar-refractivity contribution in [2.24, 2.45) is 5.73 Å². The van der Waals surface area contributed by atoms with Crippen molar-refractivity contribution < 1.29 is 4.42 Å². The van der Waals surface area contributed by atoms with Crippen molar-refractivity contribution in [1.29, 1.82) is 0 Å². The van der Waals surface area contributed by atoms with Crippen LogP contribution in [-0.2, 0) is 0 Å². The lowest BCUT2D eigenvalue weighted by Gasteiger charge is -2.01. The molecular formula is C7H10ClNO. The van der Waals surface area contributed by atoms with E-state index in [2.05, 4.69) is 0 Å². The summed E-state index contributed by atoms with van der Waals surface area (Å²) in [5.41, 5.74) is 5.41. The zero-order chi connectivity index (χ0) is 7.56. The molecule has 0 fully saturated rings. The fraction of sp³-hybridized carbons (Fsp3) is 0.429. The molecule has 1 heterocycles. The van der Waals surface area contributed by atoms with E-state index in [0.29, 0.717) is 11.8 Å². The van der Waals surface area contributed by atoms with Gasteiger partial charge in [-0.15, -0.1) is 0 Å². The Balaban J connectivity index is 2.74. The predicted octanol–water partition coefficient (Wildman–Crippen LogP) is 2.00. The molecule has 0 aliphatic rings. The molecule has 10 heavy (non-hydrogen) atoms. The smallest absolute Gasteiger partial charge is 0.193 e. The highest BCUT2D eigenvalue weighted by molar-refractivity contribution is 6.28. The van der Waals surface area contributed by atoms with E-state index in [1.807, 2.05) is 13.0 Å². The second-order valence-electron chi connectivity index (χ2n) is 2.28. The number of furan rings is 1. The lowest BCUT2D eigenvalue weighted by atomic mass is 10.1. The summed E-state index contributed by atoms with van der Waals surface area (Å²) in [6, 6.07) is 3.57. The molecule has 1 aromatic heterocycles. The van der Waals surface area contributed by atoms with Gasteiger partial charge in [0.2, 0.25) is 0 Å². The van der Waals surface area contributed by atoms with Gasteiger partial charge in [0.15, 0.2) is 5.22 Å². The van der Waals surface area contributed by atoms with Crippen LogP contribution in [-0.4, -0.2) is 6.54 Å². The molecule has 1 unspecified atom stereocenters. The van der Waals surface area contributed by atoms with E-state index in [1.54, 1.807) is 6.07 Å². The van der Waals surface area contributed by atoms with Gasteiger partial charge >= 0.3 is 0 Å². The summed E-state index contributed by atoms with van der Waals surface area (Å²) >= 11 is 5.55. The summed E-state index contributed by atoms with van der Waals surface area (Å²) in [5.74, 6) is 1.11. The van der Waals surface area contributed by atoms with Crippen LogP contribution in [0, 0.1) is 0 Å². The maximum Gasteiger partial charge on any atom is 0.193 e. The van der Waals surface area contributed by atoms with Gasteiger partial charge in [0.1, 0.15) is 5.76 Å². The number of rotatable bonds is 2. The highest BCUT2D eigenvalue weighted by Crippen LogP contribution is 2.19. The Bertz CT molecular complexity index is 209. The summed E-state index contributed by atoms with van der Waals surface area (Å²) in [7, 11) is 0. The maximum atomic E-state index is 5.55. The number of hydrogen-bond donors (Lipinski definition) is 1. The zero-order valence-electron chi connectivity index (χ0n) is 5.80. The molecule has 1 rings (SSSR count). The van der Waals surface area contributed by atoms with Crippen LogP contribution in [0.5, 0.6) is 0 Å². The van der Waals surface area contributed by atoms with Crippen molar-refractivity contribution in [3.63, 3.8) is 0 Å². The molecule has 0 saturated carbocycles. The Morgan fingerprint density at radius 1 is 1.70 bits per heavy atom. The highest BCUT2D eigenvalue weighted by atomic mass is 35.5. The van der Waals surface area contributed by atoms with Crippen molar-refractivity contribution >= 4 is 11.6 Å². The van der Waals surface area contributed by atoms with Gasteiger partial charge in [0, 0.05) is 12.5 Å². The molecule has 56 valence electrons. The van der Waals surface area contributed by atoms with Crippen molar-refractivity contribution in [2.45, 2.75) is 12.8 Å². The molecular weight excluding hydrogens is 150 g/mol. The van der Waals surface area contributed by atoms with Gasteiger partial charge in [0.25, 0.3) is 0 Å². The van der Waals surface area contributed by atoms with Crippen molar-refractivity contribution in [2.75, 3.05) is 6.54 Å². The van der Waals surface area contributed by atoms with Gasteiger partial charge in [-0.25, -0.2) is 0 Å². The first-order chi connectivity index (χ1) is 4.74. The van der Waals surface area contributed by atoms with Crippen LogP contribution < -0.4 is 5.73 Å². The van der Waals surface area contributed by atoms with E-state index in [1.165, 1.54) is 0 Å². The minimum Gasteiger partial charge on any atom is -0.449 e. The number of nitrogens with two attached hydrogens (primary N) is 1. The van der Waals surface area contributed by atoms with Gasteiger partial charge in [-0.1, -0.05) is 6.92 Å². The SMILES string of the molecule is CC(CN)c1ccc(Cl)o1. The van der Waals surface area contributed by atoms with Crippen LogP contribution in [0.3, 0.4) is 0 Å². The standard InChI is InChI=1S/C7H10ClNO/c1-5(4-9)6-2-3-7(8)10-6/h2-3,5H,4,9H2,1H3. The minimum atomic E-state index is 0.257. The first-order valence-electron chi connectivity index (χ1n) is 3.19. The number of hydrogen-bond acceptors (Lipinski definition) is 2. The first kappa shape index (κ1) is 7.63. The Hall–Kier alpha value is -0.470.